The summed E-state index contributed by atoms with van der Waals surface area (Å²) in [5.41, 5.74) is 0.236. The van der Waals surface area contributed by atoms with Crippen LogP contribution in [0.1, 0.15) is 80.1 Å². The second-order valence-electron chi connectivity index (χ2n) is 9.97. The highest BCUT2D eigenvalue weighted by Crippen LogP contribution is 2.40. The molecule has 0 amide bonds. The van der Waals surface area contributed by atoms with Gasteiger partial charge in [0.1, 0.15) is 12.2 Å². The number of hydrogen-bond donors (Lipinski definition) is 0. The molecule has 6 nitrogen and oxygen atoms in total. The minimum Gasteiger partial charge on any atom is -0.428 e. The van der Waals surface area contributed by atoms with E-state index >= 15 is 0 Å². The zero-order chi connectivity index (χ0) is 19.5. The van der Waals surface area contributed by atoms with Crippen molar-refractivity contribution in [2.75, 3.05) is 0 Å². The van der Waals surface area contributed by atoms with Gasteiger partial charge in [0, 0.05) is 0 Å². The molecule has 0 aliphatic heterocycles. The van der Waals surface area contributed by atoms with Gasteiger partial charge in [-0.05, 0) is 61.2 Å². The lowest BCUT2D eigenvalue weighted by atomic mass is 9.71. The summed E-state index contributed by atoms with van der Waals surface area (Å²) in [5, 5.41) is 0. The fourth-order valence-corrected chi connectivity index (χ4v) is 5.08. The number of carbonyl (C=O) groups is 2. The van der Waals surface area contributed by atoms with Gasteiger partial charge >= 0.3 is 12.3 Å². The van der Waals surface area contributed by atoms with Crippen molar-refractivity contribution in [3.63, 3.8) is 0 Å². The Kier molecular flexibility index (Phi) is 6.46. The third-order valence-electron chi connectivity index (χ3n) is 5.40. The summed E-state index contributed by atoms with van der Waals surface area (Å²) in [6, 6.07) is 0. The second-order valence-corrected chi connectivity index (χ2v) is 9.97. The normalized spacial score (nSPS) is 33.0. The maximum absolute atomic E-state index is 11.8. The van der Waals surface area contributed by atoms with Gasteiger partial charge in [-0.2, -0.15) is 19.4 Å². The zero-order valence-corrected chi connectivity index (χ0v) is 17.0. The first-order valence-electron chi connectivity index (χ1n) is 9.70. The van der Waals surface area contributed by atoms with Gasteiger partial charge in [0.15, 0.2) is 0 Å². The Labute approximate surface area is 156 Å². The van der Waals surface area contributed by atoms with Crippen LogP contribution < -0.4 is 0 Å². The lowest BCUT2D eigenvalue weighted by Gasteiger charge is -2.38. The van der Waals surface area contributed by atoms with Crippen LogP contribution in [0, 0.1) is 22.7 Å². The van der Waals surface area contributed by atoms with Crippen molar-refractivity contribution in [2.45, 2.75) is 92.3 Å². The topological polar surface area (TPSA) is 71.1 Å². The Bertz CT molecular complexity index is 466. The third-order valence-corrected chi connectivity index (χ3v) is 5.40. The summed E-state index contributed by atoms with van der Waals surface area (Å²) < 4.78 is 10.6. The predicted octanol–water partition coefficient (Wildman–Crippen LogP) is 5.64. The van der Waals surface area contributed by atoms with Crippen molar-refractivity contribution in [1.82, 2.24) is 0 Å². The maximum atomic E-state index is 11.8. The molecule has 2 saturated carbocycles. The number of rotatable bonds is 2. The second kappa shape index (κ2) is 8.05. The Morgan fingerprint density at radius 3 is 1.35 bits per heavy atom. The van der Waals surface area contributed by atoms with E-state index in [1.807, 2.05) is 0 Å². The summed E-state index contributed by atoms with van der Waals surface area (Å²) in [5.74, 6) is 0.943. The van der Waals surface area contributed by atoms with E-state index < -0.39 is 12.3 Å². The van der Waals surface area contributed by atoms with E-state index in [2.05, 4.69) is 51.3 Å². The van der Waals surface area contributed by atoms with E-state index in [0.29, 0.717) is 11.8 Å². The molecular weight excluding hydrogens is 336 g/mol. The predicted molar refractivity (Wildman–Crippen MR) is 96.3 cm³/mol. The first-order chi connectivity index (χ1) is 11.9. The van der Waals surface area contributed by atoms with Gasteiger partial charge in [-0.3, -0.25) is 0 Å². The quantitative estimate of drug-likeness (QED) is 0.356. The highest BCUT2D eigenvalue weighted by atomic mass is 17.3. The van der Waals surface area contributed by atoms with Gasteiger partial charge in [-0.25, -0.2) is 0 Å². The van der Waals surface area contributed by atoms with Gasteiger partial charge in [-0.15, -0.1) is 0 Å². The molecule has 2 rings (SSSR count). The summed E-state index contributed by atoms with van der Waals surface area (Å²) in [7, 11) is 0. The van der Waals surface area contributed by atoms with Crippen LogP contribution in [0.3, 0.4) is 0 Å². The summed E-state index contributed by atoms with van der Waals surface area (Å²) in [6.45, 7) is 12.9. The molecule has 0 aromatic carbocycles. The van der Waals surface area contributed by atoms with E-state index in [1.165, 1.54) is 0 Å². The highest BCUT2D eigenvalue weighted by Gasteiger charge is 2.36. The highest BCUT2D eigenvalue weighted by molar-refractivity contribution is 5.63. The largest absolute Gasteiger partial charge is 0.550 e. The fourth-order valence-electron chi connectivity index (χ4n) is 5.08. The molecule has 2 aliphatic rings. The molecule has 0 N–H and O–H groups in total. The molecule has 0 aromatic heterocycles. The molecule has 0 unspecified atom stereocenters. The van der Waals surface area contributed by atoms with Crippen molar-refractivity contribution < 1.29 is 28.8 Å². The van der Waals surface area contributed by atoms with Gasteiger partial charge in [-0.1, -0.05) is 41.5 Å². The molecule has 4 atom stereocenters. The van der Waals surface area contributed by atoms with Crippen molar-refractivity contribution in [3.05, 3.63) is 0 Å². The van der Waals surface area contributed by atoms with Gasteiger partial charge in [0.25, 0.3) is 0 Å². The van der Waals surface area contributed by atoms with Crippen LogP contribution in [0.5, 0.6) is 0 Å². The lowest BCUT2D eigenvalue weighted by Crippen LogP contribution is -2.35. The number of ether oxygens (including phenoxy) is 2. The van der Waals surface area contributed by atoms with Gasteiger partial charge < -0.3 is 9.47 Å². The van der Waals surface area contributed by atoms with E-state index in [9.17, 15) is 9.59 Å². The van der Waals surface area contributed by atoms with Crippen molar-refractivity contribution in [3.8, 4) is 0 Å². The monoisotopic (exact) mass is 370 g/mol. The first-order valence-corrected chi connectivity index (χ1v) is 9.70. The molecule has 0 saturated heterocycles. The molecule has 0 radical (unpaired) electrons. The molecule has 0 bridgehead atoms. The molecule has 150 valence electrons. The van der Waals surface area contributed by atoms with Crippen molar-refractivity contribution >= 4 is 12.3 Å². The van der Waals surface area contributed by atoms with E-state index in [4.69, 9.17) is 9.47 Å². The van der Waals surface area contributed by atoms with Crippen LogP contribution >= 0.6 is 0 Å². The van der Waals surface area contributed by atoms with Gasteiger partial charge in [0.2, 0.25) is 0 Å². The van der Waals surface area contributed by atoms with Crippen LogP contribution in [0.2, 0.25) is 0 Å². The van der Waals surface area contributed by atoms with Crippen LogP contribution in [0.15, 0.2) is 0 Å². The van der Waals surface area contributed by atoms with Crippen LogP contribution in [-0.2, 0) is 19.2 Å². The average Bonchev–Trinajstić information content (AvgIpc) is 2.40. The zero-order valence-electron chi connectivity index (χ0n) is 17.0. The standard InChI is InChI=1S/C20H34O6/c1-13-7-15(11-19(3,4)9-13)23-17(21)25-26-18(22)24-16-8-14(2)10-20(5,6)12-16/h13-16H,7-12H2,1-6H3/t13-,14-,15-,16-/m0/s1. The van der Waals surface area contributed by atoms with Crippen molar-refractivity contribution in [2.24, 2.45) is 22.7 Å². The lowest BCUT2D eigenvalue weighted by molar-refractivity contribution is -0.229. The summed E-state index contributed by atoms with van der Waals surface area (Å²) >= 11 is 0. The maximum Gasteiger partial charge on any atom is 0.550 e. The van der Waals surface area contributed by atoms with Crippen LogP contribution in [-0.4, -0.2) is 24.5 Å². The van der Waals surface area contributed by atoms with Crippen LogP contribution in [0.25, 0.3) is 0 Å². The Morgan fingerprint density at radius 1 is 0.692 bits per heavy atom. The smallest absolute Gasteiger partial charge is 0.428 e. The van der Waals surface area contributed by atoms with E-state index in [1.54, 1.807) is 0 Å². The SMILES string of the molecule is C[C@H]1C[C@H](OC(=O)OOC(=O)O[C@H]2C[C@H](C)CC(C)(C)C2)CC(C)(C)C1. The number of carbonyl (C=O) groups excluding carboxylic acids is 2. The summed E-state index contributed by atoms with van der Waals surface area (Å²) in [4.78, 5) is 32.6. The molecule has 6 heteroatoms. The van der Waals surface area contributed by atoms with Gasteiger partial charge in [0.05, 0.1) is 0 Å². The molecular formula is C20H34O6. The average molecular weight is 370 g/mol. The Balaban J connectivity index is 1.72. The summed E-state index contributed by atoms with van der Waals surface area (Å²) in [6.07, 6.45) is 2.89. The minimum atomic E-state index is -0.991. The Morgan fingerprint density at radius 2 is 1.04 bits per heavy atom. The molecule has 0 aromatic rings. The van der Waals surface area contributed by atoms with Crippen molar-refractivity contribution in [1.29, 1.82) is 0 Å². The third kappa shape index (κ3) is 6.69. The first kappa shape index (κ1) is 20.8. The number of hydrogen-bond acceptors (Lipinski definition) is 6. The minimum absolute atomic E-state index is 0.118. The van der Waals surface area contributed by atoms with Crippen LogP contribution in [0.4, 0.5) is 9.59 Å². The fraction of sp³-hybridized carbons (Fsp3) is 0.900. The molecule has 2 aliphatic carbocycles. The molecule has 0 heterocycles. The van der Waals surface area contributed by atoms with E-state index in [-0.39, 0.29) is 23.0 Å². The Hall–Kier alpha value is -1.46. The molecule has 26 heavy (non-hydrogen) atoms. The van der Waals surface area contributed by atoms with E-state index in [0.717, 1.165) is 38.5 Å². The molecule has 0 spiro atoms. The molecule has 2 fully saturated rings.